The number of aliphatic hydroxyl groups is 1. The summed E-state index contributed by atoms with van der Waals surface area (Å²) in [6, 6.07) is 9.44. The number of carbonyl (C=O) groups excluding carboxylic acids is 1. The van der Waals surface area contributed by atoms with Gasteiger partial charge in [0.2, 0.25) is 17.4 Å². The van der Waals surface area contributed by atoms with Gasteiger partial charge in [0.05, 0.1) is 5.41 Å². The summed E-state index contributed by atoms with van der Waals surface area (Å²) < 4.78 is 45.1. The number of likely N-dealkylation sites (tertiary alicyclic amines) is 1. The number of hydrogen-bond acceptors (Lipinski definition) is 5. The van der Waals surface area contributed by atoms with Crippen LogP contribution in [-0.4, -0.2) is 51.0 Å². The Morgan fingerprint density at radius 3 is 2.47 bits per heavy atom. The molecule has 1 aliphatic heterocycles. The lowest BCUT2D eigenvalue weighted by Crippen LogP contribution is -2.58. The molecule has 1 aromatic carbocycles. The van der Waals surface area contributed by atoms with E-state index in [4.69, 9.17) is 4.42 Å². The summed E-state index contributed by atoms with van der Waals surface area (Å²) in [6.07, 6.45) is -2.76. The molecule has 4 rings (SSSR count). The largest absolute Gasteiger partial charge is 0.426 e. The topological polar surface area (TPSA) is 79.5 Å². The van der Waals surface area contributed by atoms with Crippen LogP contribution in [0.1, 0.15) is 39.0 Å². The molecule has 1 amide bonds. The van der Waals surface area contributed by atoms with Crippen molar-refractivity contribution in [1.29, 1.82) is 0 Å². The standard InChI is InChI=1S/C21H24F3N3O3/c1-13-12-27(18(28)19(2,29)21(22,23)24)11-8-15(13)20(9-10-20)17-26-25-16(30-17)14-6-4-3-5-7-14/h3-7,13,15,29H,8-12H2,1-2H3/t13?,15?,19-/m1/s1. The molecule has 9 heteroatoms. The number of carbonyl (C=O) groups is 1. The molecule has 3 atom stereocenters. The molecule has 2 heterocycles. The Morgan fingerprint density at radius 1 is 1.23 bits per heavy atom. The predicted octanol–water partition coefficient (Wildman–Crippen LogP) is 3.57. The lowest BCUT2D eigenvalue weighted by atomic mass is 9.74. The molecule has 1 saturated carbocycles. The third-order valence-electron chi connectivity index (χ3n) is 6.53. The van der Waals surface area contributed by atoms with Gasteiger partial charge in [-0.05, 0) is 50.2 Å². The molecule has 1 aliphatic carbocycles. The van der Waals surface area contributed by atoms with E-state index >= 15 is 0 Å². The first kappa shape index (κ1) is 20.8. The summed E-state index contributed by atoms with van der Waals surface area (Å²) in [6.45, 7) is 2.73. The maximum Gasteiger partial charge on any atom is 0.426 e. The number of aromatic nitrogens is 2. The fraction of sp³-hybridized carbons (Fsp3) is 0.571. The fourth-order valence-electron chi connectivity index (χ4n) is 4.58. The Bertz CT molecular complexity index is 922. The van der Waals surface area contributed by atoms with Crippen molar-refractivity contribution in [3.05, 3.63) is 36.2 Å². The molecule has 1 aromatic heterocycles. The van der Waals surface area contributed by atoms with Gasteiger partial charge < -0.3 is 14.4 Å². The van der Waals surface area contributed by atoms with Crippen LogP contribution in [0, 0.1) is 11.8 Å². The first-order valence-electron chi connectivity index (χ1n) is 10.0. The summed E-state index contributed by atoms with van der Waals surface area (Å²) in [5, 5.41) is 18.2. The van der Waals surface area contributed by atoms with Gasteiger partial charge in [-0.1, -0.05) is 25.1 Å². The SMILES string of the molecule is CC1CN(C(=O)[C@@](C)(O)C(F)(F)F)CCC1C1(c2nnc(-c3ccccc3)o2)CC1. The van der Waals surface area contributed by atoms with Gasteiger partial charge in [-0.2, -0.15) is 13.2 Å². The average Bonchev–Trinajstić information content (AvgIpc) is 3.35. The summed E-state index contributed by atoms with van der Waals surface area (Å²) in [4.78, 5) is 13.4. The van der Waals surface area contributed by atoms with Gasteiger partial charge in [-0.3, -0.25) is 4.79 Å². The molecule has 1 N–H and O–H groups in total. The Balaban J connectivity index is 1.49. The molecule has 2 aromatic rings. The lowest BCUT2D eigenvalue weighted by Gasteiger charge is -2.42. The number of hydrogen-bond donors (Lipinski definition) is 1. The maximum atomic E-state index is 13.1. The van der Waals surface area contributed by atoms with Crippen molar-refractivity contribution in [3.8, 4) is 11.5 Å². The second kappa shape index (κ2) is 7.08. The smallest absolute Gasteiger partial charge is 0.420 e. The number of halogens is 3. The van der Waals surface area contributed by atoms with E-state index in [9.17, 15) is 23.1 Å². The number of benzene rings is 1. The zero-order valence-electron chi connectivity index (χ0n) is 16.8. The molecule has 162 valence electrons. The normalized spacial score (nSPS) is 25.6. The van der Waals surface area contributed by atoms with Crippen LogP contribution in [0.25, 0.3) is 11.5 Å². The number of nitrogens with zero attached hydrogens (tertiary/aromatic N) is 3. The van der Waals surface area contributed by atoms with E-state index in [0.717, 1.165) is 23.3 Å². The van der Waals surface area contributed by atoms with Gasteiger partial charge in [0, 0.05) is 18.7 Å². The van der Waals surface area contributed by atoms with Crippen LogP contribution in [-0.2, 0) is 10.2 Å². The van der Waals surface area contributed by atoms with Crippen LogP contribution in [0.4, 0.5) is 13.2 Å². The molecule has 0 bridgehead atoms. The van der Waals surface area contributed by atoms with Crippen LogP contribution in [0.15, 0.2) is 34.7 Å². The quantitative estimate of drug-likeness (QED) is 0.814. The molecular formula is C21H24F3N3O3. The molecule has 2 aliphatic rings. The summed E-state index contributed by atoms with van der Waals surface area (Å²) in [5.74, 6) is -0.254. The Morgan fingerprint density at radius 2 is 1.90 bits per heavy atom. The van der Waals surface area contributed by atoms with Gasteiger partial charge in [0.25, 0.3) is 5.91 Å². The van der Waals surface area contributed by atoms with Crippen LogP contribution in [0.3, 0.4) is 0 Å². The van der Waals surface area contributed by atoms with E-state index in [1.165, 1.54) is 0 Å². The second-order valence-electron chi connectivity index (χ2n) is 8.63. The Kier molecular flexibility index (Phi) is 4.91. The minimum Gasteiger partial charge on any atom is -0.420 e. The molecular weight excluding hydrogens is 399 g/mol. The van der Waals surface area contributed by atoms with E-state index in [1.807, 2.05) is 37.3 Å². The van der Waals surface area contributed by atoms with Crippen LogP contribution >= 0.6 is 0 Å². The first-order valence-corrected chi connectivity index (χ1v) is 10.0. The highest BCUT2D eigenvalue weighted by atomic mass is 19.4. The van der Waals surface area contributed by atoms with Gasteiger partial charge in [-0.25, -0.2) is 0 Å². The molecule has 2 unspecified atom stereocenters. The third kappa shape index (κ3) is 3.38. The molecule has 30 heavy (non-hydrogen) atoms. The lowest BCUT2D eigenvalue weighted by molar-refractivity contribution is -0.251. The number of rotatable bonds is 4. The van der Waals surface area contributed by atoms with Crippen LogP contribution in [0.2, 0.25) is 0 Å². The van der Waals surface area contributed by atoms with Crippen molar-refractivity contribution in [2.24, 2.45) is 11.8 Å². The molecule has 0 spiro atoms. The van der Waals surface area contributed by atoms with E-state index in [0.29, 0.717) is 25.1 Å². The van der Waals surface area contributed by atoms with Crippen molar-refractivity contribution in [2.75, 3.05) is 13.1 Å². The summed E-state index contributed by atoms with van der Waals surface area (Å²) in [7, 11) is 0. The Hall–Kier alpha value is -2.42. The minimum absolute atomic E-state index is 0.0682. The highest BCUT2D eigenvalue weighted by Crippen LogP contribution is 2.58. The van der Waals surface area contributed by atoms with Crippen molar-refractivity contribution < 1.29 is 27.5 Å². The van der Waals surface area contributed by atoms with Crippen LogP contribution in [0.5, 0.6) is 0 Å². The number of amides is 1. The number of piperidine rings is 1. The highest BCUT2D eigenvalue weighted by Gasteiger charge is 2.60. The van der Waals surface area contributed by atoms with Gasteiger partial charge in [-0.15, -0.1) is 10.2 Å². The van der Waals surface area contributed by atoms with Crippen molar-refractivity contribution in [1.82, 2.24) is 15.1 Å². The van der Waals surface area contributed by atoms with Crippen molar-refractivity contribution in [3.63, 3.8) is 0 Å². The van der Waals surface area contributed by atoms with E-state index in [2.05, 4.69) is 10.2 Å². The van der Waals surface area contributed by atoms with Crippen LogP contribution < -0.4 is 0 Å². The fourth-order valence-corrected chi connectivity index (χ4v) is 4.58. The van der Waals surface area contributed by atoms with Gasteiger partial charge in [0.1, 0.15) is 0 Å². The van der Waals surface area contributed by atoms with E-state index in [1.54, 1.807) is 0 Å². The zero-order valence-corrected chi connectivity index (χ0v) is 16.8. The van der Waals surface area contributed by atoms with Crippen molar-refractivity contribution >= 4 is 5.91 Å². The monoisotopic (exact) mass is 423 g/mol. The van der Waals surface area contributed by atoms with Gasteiger partial charge in [0.15, 0.2) is 0 Å². The number of alkyl halides is 3. The summed E-state index contributed by atoms with van der Waals surface area (Å²) in [5.41, 5.74) is -2.84. The average molecular weight is 423 g/mol. The zero-order chi connectivity index (χ0) is 21.7. The first-order chi connectivity index (χ1) is 14.1. The highest BCUT2D eigenvalue weighted by molar-refractivity contribution is 5.85. The molecule has 2 fully saturated rings. The molecule has 1 saturated heterocycles. The van der Waals surface area contributed by atoms with Gasteiger partial charge >= 0.3 is 6.18 Å². The molecule has 0 radical (unpaired) electrons. The predicted molar refractivity (Wildman–Crippen MR) is 101 cm³/mol. The maximum absolute atomic E-state index is 13.1. The van der Waals surface area contributed by atoms with Crippen molar-refractivity contribution in [2.45, 2.75) is 50.3 Å². The minimum atomic E-state index is -5.01. The third-order valence-corrected chi connectivity index (χ3v) is 6.53. The Labute approximate surface area is 172 Å². The van der Waals surface area contributed by atoms with E-state index in [-0.39, 0.29) is 30.3 Å². The second-order valence-corrected chi connectivity index (χ2v) is 8.63. The molecule has 6 nitrogen and oxygen atoms in total. The summed E-state index contributed by atoms with van der Waals surface area (Å²) >= 11 is 0. The van der Waals surface area contributed by atoms with E-state index < -0.39 is 17.7 Å².